The third kappa shape index (κ3) is 8.61. The molecule has 0 saturated heterocycles. The number of rotatable bonds is 13. The molecular weight excluding hydrogens is 514 g/mol. The Bertz CT molecular complexity index is 1210. The molecule has 208 valence electrons. The molecule has 1 amide bonds. The van der Waals surface area contributed by atoms with Crippen molar-refractivity contribution in [3.8, 4) is 17.8 Å². The van der Waals surface area contributed by atoms with E-state index in [2.05, 4.69) is 20.0 Å². The SMILES string of the molecule is COC(=O)C(=O)Nc1c(OCc2ccccc2)nc(OCc2ccccc2)nc1OC[C@H](O)[C@H](O)[C@H](O)CO. The fraction of sp³-hybridized carbons (Fsp3) is 0.308. The van der Waals surface area contributed by atoms with Crippen molar-refractivity contribution in [1.29, 1.82) is 0 Å². The summed E-state index contributed by atoms with van der Waals surface area (Å²) in [5, 5.41) is 41.1. The van der Waals surface area contributed by atoms with E-state index >= 15 is 0 Å². The summed E-state index contributed by atoms with van der Waals surface area (Å²) in [6.45, 7) is -1.38. The highest BCUT2D eigenvalue weighted by atomic mass is 16.5. The van der Waals surface area contributed by atoms with E-state index in [0.29, 0.717) is 0 Å². The smallest absolute Gasteiger partial charge is 0.396 e. The number of nitrogens with zero attached hydrogens (tertiary/aromatic N) is 2. The Morgan fingerprint density at radius 1 is 0.821 bits per heavy atom. The van der Waals surface area contributed by atoms with Crippen molar-refractivity contribution in [3.05, 3.63) is 71.8 Å². The molecule has 3 aromatic rings. The van der Waals surface area contributed by atoms with Crippen LogP contribution in [0.2, 0.25) is 0 Å². The third-order valence-corrected chi connectivity index (χ3v) is 5.23. The summed E-state index contributed by atoms with van der Waals surface area (Å²) in [5.41, 5.74) is 1.28. The topological polar surface area (TPSA) is 190 Å². The molecule has 13 heteroatoms. The Balaban J connectivity index is 1.96. The minimum atomic E-state index is -1.76. The van der Waals surface area contributed by atoms with E-state index in [0.717, 1.165) is 18.2 Å². The van der Waals surface area contributed by atoms with Crippen LogP contribution < -0.4 is 19.5 Å². The predicted molar refractivity (Wildman–Crippen MR) is 135 cm³/mol. The first-order valence-electron chi connectivity index (χ1n) is 11.7. The minimum Gasteiger partial charge on any atom is -0.473 e. The zero-order valence-corrected chi connectivity index (χ0v) is 21.0. The second-order valence-electron chi connectivity index (χ2n) is 8.10. The average molecular weight is 544 g/mol. The van der Waals surface area contributed by atoms with Crippen molar-refractivity contribution < 1.29 is 49.0 Å². The molecule has 1 aromatic heterocycles. The number of nitrogens with one attached hydrogen (secondary N) is 1. The Morgan fingerprint density at radius 3 is 1.90 bits per heavy atom. The minimum absolute atomic E-state index is 0.000540. The van der Waals surface area contributed by atoms with Gasteiger partial charge in [0.2, 0.25) is 11.8 Å². The van der Waals surface area contributed by atoms with Gasteiger partial charge in [-0.3, -0.25) is 4.79 Å². The number of hydrogen-bond acceptors (Lipinski definition) is 12. The van der Waals surface area contributed by atoms with Crippen LogP contribution in [-0.4, -0.2) is 80.9 Å². The summed E-state index contributed by atoms with van der Waals surface area (Å²) in [6.07, 6.45) is -5.07. The van der Waals surface area contributed by atoms with E-state index in [1.807, 2.05) is 36.4 Å². The first kappa shape index (κ1) is 29.3. The molecule has 39 heavy (non-hydrogen) atoms. The number of esters is 1. The highest BCUT2D eigenvalue weighted by Crippen LogP contribution is 2.34. The predicted octanol–water partition coefficient (Wildman–Crippen LogP) is 0.200. The Morgan fingerprint density at radius 2 is 1.36 bits per heavy atom. The Hall–Kier alpha value is -4.30. The van der Waals surface area contributed by atoms with E-state index in [1.165, 1.54) is 0 Å². The molecule has 0 aliphatic rings. The molecule has 0 spiro atoms. The quantitative estimate of drug-likeness (QED) is 0.146. The zero-order chi connectivity index (χ0) is 28.2. The van der Waals surface area contributed by atoms with E-state index in [-0.39, 0.29) is 36.7 Å². The van der Waals surface area contributed by atoms with Crippen molar-refractivity contribution in [2.75, 3.05) is 25.6 Å². The number of methoxy groups -OCH3 is 1. The molecule has 3 atom stereocenters. The first-order chi connectivity index (χ1) is 18.8. The number of aromatic nitrogens is 2. The number of aliphatic hydroxyl groups is 4. The normalized spacial score (nSPS) is 13.1. The van der Waals surface area contributed by atoms with Crippen molar-refractivity contribution in [1.82, 2.24) is 9.97 Å². The summed E-state index contributed by atoms with van der Waals surface area (Å²) in [4.78, 5) is 32.5. The summed E-state index contributed by atoms with van der Waals surface area (Å²) in [5.74, 6) is -3.02. The summed E-state index contributed by atoms with van der Waals surface area (Å²) >= 11 is 0. The molecule has 0 fully saturated rings. The number of anilines is 1. The fourth-order valence-corrected chi connectivity index (χ4v) is 3.12. The lowest BCUT2D eigenvalue weighted by atomic mass is 10.1. The molecule has 0 aliphatic heterocycles. The van der Waals surface area contributed by atoms with Gasteiger partial charge in [0.05, 0.1) is 13.7 Å². The van der Waals surface area contributed by atoms with Crippen LogP contribution in [0.5, 0.6) is 17.8 Å². The maximum Gasteiger partial charge on any atom is 0.396 e. The number of carbonyl (C=O) groups excluding carboxylic acids is 2. The number of benzene rings is 2. The number of amides is 1. The van der Waals surface area contributed by atoms with E-state index in [4.69, 9.17) is 19.3 Å². The van der Waals surface area contributed by atoms with Crippen LogP contribution in [0.1, 0.15) is 11.1 Å². The van der Waals surface area contributed by atoms with Gasteiger partial charge in [-0.25, -0.2) is 4.79 Å². The van der Waals surface area contributed by atoms with Gasteiger partial charge in [0.25, 0.3) is 0 Å². The van der Waals surface area contributed by atoms with Crippen molar-refractivity contribution >= 4 is 17.6 Å². The molecule has 0 aliphatic carbocycles. The standard InChI is InChI=1S/C26H29N3O10/c1-36-25(35)22(34)27-20-23(37-13-16-8-4-2-5-9-16)28-26(39-14-17-10-6-3-7-11-17)29-24(20)38-15-19(32)21(33)18(31)12-30/h2-11,18-19,21,30-33H,12-15H2,1H3,(H,27,34)/t18-,19+,21-/m1/s1. The molecule has 0 radical (unpaired) electrons. The van der Waals surface area contributed by atoms with E-state index in [1.54, 1.807) is 24.3 Å². The van der Waals surface area contributed by atoms with Gasteiger partial charge < -0.3 is 44.7 Å². The van der Waals surface area contributed by atoms with Crippen molar-refractivity contribution in [2.24, 2.45) is 0 Å². The van der Waals surface area contributed by atoms with Gasteiger partial charge in [-0.05, 0) is 11.1 Å². The molecule has 0 unspecified atom stereocenters. The largest absolute Gasteiger partial charge is 0.473 e. The molecule has 5 N–H and O–H groups in total. The zero-order valence-electron chi connectivity index (χ0n) is 21.0. The fourth-order valence-electron chi connectivity index (χ4n) is 3.12. The molecule has 2 aromatic carbocycles. The lowest BCUT2D eigenvalue weighted by Gasteiger charge is -2.22. The Labute approximate surface area is 223 Å². The summed E-state index contributed by atoms with van der Waals surface area (Å²) < 4.78 is 21.5. The van der Waals surface area contributed by atoms with Crippen molar-refractivity contribution in [3.63, 3.8) is 0 Å². The number of aliphatic hydroxyl groups excluding tert-OH is 4. The van der Waals surface area contributed by atoms with Crippen LogP contribution in [0.25, 0.3) is 0 Å². The number of hydrogen-bond donors (Lipinski definition) is 5. The lowest BCUT2D eigenvalue weighted by molar-refractivity contribution is -0.150. The summed E-state index contributed by atoms with van der Waals surface area (Å²) in [7, 11) is 1.02. The van der Waals surface area contributed by atoms with Crippen LogP contribution in [0.15, 0.2) is 60.7 Å². The highest BCUT2D eigenvalue weighted by Gasteiger charge is 2.28. The van der Waals surface area contributed by atoms with E-state index < -0.39 is 43.4 Å². The van der Waals surface area contributed by atoms with Crippen LogP contribution in [0.3, 0.4) is 0 Å². The molecule has 13 nitrogen and oxygen atoms in total. The van der Waals surface area contributed by atoms with Gasteiger partial charge >= 0.3 is 17.9 Å². The molecule has 3 rings (SSSR count). The highest BCUT2D eigenvalue weighted by molar-refractivity contribution is 6.37. The van der Waals surface area contributed by atoms with E-state index in [9.17, 15) is 24.9 Å². The molecule has 1 heterocycles. The maximum absolute atomic E-state index is 12.4. The second kappa shape index (κ2) is 14.6. The van der Waals surface area contributed by atoms with Crippen LogP contribution in [0.4, 0.5) is 5.69 Å². The molecule has 0 bridgehead atoms. The third-order valence-electron chi connectivity index (χ3n) is 5.23. The molecular formula is C26H29N3O10. The van der Waals surface area contributed by atoms with Crippen LogP contribution in [-0.2, 0) is 27.5 Å². The van der Waals surface area contributed by atoms with Gasteiger partial charge in [0.15, 0.2) is 5.69 Å². The van der Waals surface area contributed by atoms with Gasteiger partial charge in [0.1, 0.15) is 38.1 Å². The molecule has 0 saturated carbocycles. The Kier molecular flexibility index (Phi) is 10.9. The lowest BCUT2D eigenvalue weighted by Crippen LogP contribution is -2.42. The van der Waals surface area contributed by atoms with Crippen LogP contribution in [0, 0.1) is 0 Å². The maximum atomic E-state index is 12.4. The number of ether oxygens (including phenoxy) is 4. The average Bonchev–Trinajstić information content (AvgIpc) is 2.98. The van der Waals surface area contributed by atoms with Crippen LogP contribution >= 0.6 is 0 Å². The second-order valence-corrected chi connectivity index (χ2v) is 8.10. The van der Waals surface area contributed by atoms with Gasteiger partial charge in [-0.15, -0.1) is 0 Å². The number of carbonyl (C=O) groups is 2. The monoisotopic (exact) mass is 543 g/mol. The van der Waals surface area contributed by atoms with Gasteiger partial charge in [0, 0.05) is 0 Å². The van der Waals surface area contributed by atoms with Gasteiger partial charge in [-0.2, -0.15) is 9.97 Å². The van der Waals surface area contributed by atoms with Gasteiger partial charge in [-0.1, -0.05) is 60.7 Å². The first-order valence-corrected chi connectivity index (χ1v) is 11.7. The summed E-state index contributed by atoms with van der Waals surface area (Å²) in [6, 6.07) is 17.9. The van der Waals surface area contributed by atoms with Crippen molar-refractivity contribution in [2.45, 2.75) is 31.5 Å².